The molecule has 1 N–H and O–H groups in total. The standard InChI is InChI=1S/C21H24N2O4/c1-21(2)19(24)23(20(25)22-21)13-6-14-26-17-9-11-18(12-10-17)27-15-16-7-4-3-5-8-16/h3-5,7-12H,6,13-15H2,1-2H3,(H,22,25). The van der Waals surface area contributed by atoms with E-state index in [9.17, 15) is 9.59 Å². The topological polar surface area (TPSA) is 67.9 Å². The molecule has 0 radical (unpaired) electrons. The molecule has 0 saturated carbocycles. The van der Waals surface area contributed by atoms with Crippen LogP contribution in [0.5, 0.6) is 11.5 Å². The van der Waals surface area contributed by atoms with Gasteiger partial charge >= 0.3 is 6.03 Å². The van der Waals surface area contributed by atoms with E-state index in [0.29, 0.717) is 26.2 Å². The highest BCUT2D eigenvalue weighted by Gasteiger charge is 2.43. The SMILES string of the molecule is CC1(C)NC(=O)N(CCCOc2ccc(OCc3ccccc3)cc2)C1=O. The lowest BCUT2D eigenvalue weighted by atomic mass is 10.1. The van der Waals surface area contributed by atoms with Crippen LogP contribution in [-0.2, 0) is 11.4 Å². The van der Waals surface area contributed by atoms with Crippen molar-refractivity contribution < 1.29 is 19.1 Å². The number of rotatable bonds is 8. The Kier molecular flexibility index (Phi) is 5.64. The summed E-state index contributed by atoms with van der Waals surface area (Å²) in [4.78, 5) is 25.1. The van der Waals surface area contributed by atoms with Crippen LogP contribution in [-0.4, -0.2) is 35.5 Å². The maximum atomic E-state index is 12.1. The molecule has 0 spiro atoms. The summed E-state index contributed by atoms with van der Waals surface area (Å²) in [5.41, 5.74) is 0.287. The molecule has 1 aliphatic rings. The zero-order chi connectivity index (χ0) is 19.3. The first kappa shape index (κ1) is 18.8. The van der Waals surface area contributed by atoms with Gasteiger partial charge in [0.05, 0.1) is 6.61 Å². The second-order valence-corrected chi connectivity index (χ2v) is 6.96. The number of imide groups is 1. The van der Waals surface area contributed by atoms with Crippen LogP contribution >= 0.6 is 0 Å². The Morgan fingerprint density at radius 3 is 2.15 bits per heavy atom. The van der Waals surface area contributed by atoms with Gasteiger partial charge in [0, 0.05) is 6.54 Å². The molecule has 2 aromatic carbocycles. The molecule has 1 heterocycles. The molecule has 3 amide bonds. The van der Waals surface area contributed by atoms with Gasteiger partial charge in [0.1, 0.15) is 23.6 Å². The summed E-state index contributed by atoms with van der Waals surface area (Å²) in [7, 11) is 0. The van der Waals surface area contributed by atoms with Gasteiger partial charge in [-0.1, -0.05) is 30.3 Å². The number of hydrogen-bond donors (Lipinski definition) is 1. The lowest BCUT2D eigenvalue weighted by Gasteiger charge is -2.16. The summed E-state index contributed by atoms with van der Waals surface area (Å²) in [6, 6.07) is 17.0. The van der Waals surface area contributed by atoms with Crippen LogP contribution in [0.25, 0.3) is 0 Å². The summed E-state index contributed by atoms with van der Waals surface area (Å²) < 4.78 is 11.4. The van der Waals surface area contributed by atoms with Gasteiger partial charge in [-0.25, -0.2) is 4.79 Å². The Labute approximate surface area is 159 Å². The minimum Gasteiger partial charge on any atom is -0.494 e. The van der Waals surface area contributed by atoms with Crippen LogP contribution in [0.3, 0.4) is 0 Å². The molecule has 1 aliphatic heterocycles. The van der Waals surface area contributed by atoms with E-state index in [2.05, 4.69) is 5.32 Å². The maximum Gasteiger partial charge on any atom is 0.325 e. The van der Waals surface area contributed by atoms with Gasteiger partial charge in [-0.15, -0.1) is 0 Å². The molecule has 6 nitrogen and oxygen atoms in total. The molecule has 0 aliphatic carbocycles. The third-order valence-corrected chi connectivity index (χ3v) is 4.31. The molecule has 27 heavy (non-hydrogen) atoms. The minimum atomic E-state index is -0.826. The fraction of sp³-hybridized carbons (Fsp3) is 0.333. The number of hydrogen-bond acceptors (Lipinski definition) is 4. The molecule has 3 rings (SSSR count). The number of urea groups is 1. The van der Waals surface area contributed by atoms with E-state index in [1.807, 2.05) is 54.6 Å². The van der Waals surface area contributed by atoms with Gasteiger partial charge in [0.2, 0.25) is 0 Å². The second kappa shape index (κ2) is 8.12. The van der Waals surface area contributed by atoms with Crippen molar-refractivity contribution in [1.82, 2.24) is 10.2 Å². The van der Waals surface area contributed by atoms with Crippen molar-refractivity contribution in [2.75, 3.05) is 13.2 Å². The first-order chi connectivity index (χ1) is 13.0. The minimum absolute atomic E-state index is 0.201. The third kappa shape index (κ3) is 4.78. The fourth-order valence-electron chi connectivity index (χ4n) is 2.81. The van der Waals surface area contributed by atoms with Gasteiger partial charge in [0.15, 0.2) is 0 Å². The summed E-state index contributed by atoms with van der Waals surface area (Å²) in [5.74, 6) is 1.29. The van der Waals surface area contributed by atoms with E-state index in [1.54, 1.807) is 13.8 Å². The van der Waals surface area contributed by atoms with Crippen molar-refractivity contribution in [2.45, 2.75) is 32.4 Å². The third-order valence-electron chi connectivity index (χ3n) is 4.31. The molecule has 142 valence electrons. The molecule has 0 unspecified atom stereocenters. The molecular formula is C21H24N2O4. The maximum absolute atomic E-state index is 12.1. The van der Waals surface area contributed by atoms with Gasteiger partial charge in [-0.2, -0.15) is 0 Å². The Hall–Kier alpha value is -3.02. The van der Waals surface area contributed by atoms with Crippen molar-refractivity contribution in [3.63, 3.8) is 0 Å². The normalized spacial score (nSPS) is 15.6. The van der Waals surface area contributed by atoms with Gasteiger partial charge in [0.25, 0.3) is 5.91 Å². The highest BCUT2D eigenvalue weighted by Crippen LogP contribution is 2.20. The summed E-state index contributed by atoms with van der Waals surface area (Å²) in [5, 5.41) is 2.66. The van der Waals surface area contributed by atoms with Crippen molar-refractivity contribution in [3.05, 3.63) is 60.2 Å². The van der Waals surface area contributed by atoms with E-state index < -0.39 is 5.54 Å². The lowest BCUT2D eigenvalue weighted by Crippen LogP contribution is -2.40. The predicted octanol–water partition coefficient (Wildman–Crippen LogP) is 3.36. The Morgan fingerprint density at radius 2 is 1.56 bits per heavy atom. The first-order valence-electron chi connectivity index (χ1n) is 8.99. The molecule has 1 fully saturated rings. The van der Waals surface area contributed by atoms with Gasteiger partial charge < -0.3 is 14.8 Å². The fourth-order valence-corrected chi connectivity index (χ4v) is 2.81. The monoisotopic (exact) mass is 368 g/mol. The molecule has 2 aromatic rings. The van der Waals surface area contributed by atoms with Crippen LogP contribution in [0, 0.1) is 0 Å². The molecule has 0 aromatic heterocycles. The van der Waals surface area contributed by atoms with Gasteiger partial charge in [-0.3, -0.25) is 9.69 Å². The average Bonchev–Trinajstić information content (AvgIpc) is 2.86. The summed E-state index contributed by atoms with van der Waals surface area (Å²) in [6.45, 7) is 4.67. The van der Waals surface area contributed by atoms with E-state index in [-0.39, 0.29) is 11.9 Å². The molecule has 1 saturated heterocycles. The Balaban J connectivity index is 1.40. The number of ether oxygens (including phenoxy) is 2. The largest absolute Gasteiger partial charge is 0.494 e. The number of carbonyl (C=O) groups excluding carboxylic acids is 2. The molecular weight excluding hydrogens is 344 g/mol. The molecule has 0 bridgehead atoms. The highest BCUT2D eigenvalue weighted by molar-refractivity contribution is 6.06. The van der Waals surface area contributed by atoms with Gasteiger partial charge in [-0.05, 0) is 50.1 Å². The van der Waals surface area contributed by atoms with Crippen molar-refractivity contribution in [1.29, 1.82) is 0 Å². The molecule has 6 heteroatoms. The average molecular weight is 368 g/mol. The highest BCUT2D eigenvalue weighted by atomic mass is 16.5. The zero-order valence-electron chi connectivity index (χ0n) is 15.6. The Morgan fingerprint density at radius 1 is 0.926 bits per heavy atom. The lowest BCUT2D eigenvalue weighted by molar-refractivity contribution is -0.130. The van der Waals surface area contributed by atoms with Crippen molar-refractivity contribution in [2.24, 2.45) is 0 Å². The number of nitrogens with one attached hydrogen (secondary N) is 1. The van der Waals surface area contributed by atoms with Crippen molar-refractivity contribution in [3.8, 4) is 11.5 Å². The van der Waals surface area contributed by atoms with Crippen LogP contribution < -0.4 is 14.8 Å². The van der Waals surface area contributed by atoms with Crippen molar-refractivity contribution >= 4 is 11.9 Å². The summed E-state index contributed by atoms with van der Waals surface area (Å²) in [6.07, 6.45) is 0.571. The molecule has 0 atom stereocenters. The van der Waals surface area contributed by atoms with E-state index >= 15 is 0 Å². The Bertz CT molecular complexity index is 788. The van der Waals surface area contributed by atoms with Crippen LogP contribution in [0.1, 0.15) is 25.8 Å². The second-order valence-electron chi connectivity index (χ2n) is 6.96. The summed E-state index contributed by atoms with van der Waals surface area (Å²) >= 11 is 0. The predicted molar refractivity (Wildman–Crippen MR) is 102 cm³/mol. The first-order valence-corrected chi connectivity index (χ1v) is 8.99. The van der Waals surface area contributed by atoms with E-state index in [0.717, 1.165) is 17.1 Å². The smallest absolute Gasteiger partial charge is 0.325 e. The quantitative estimate of drug-likeness (QED) is 0.573. The number of amides is 3. The number of carbonyl (C=O) groups is 2. The number of benzene rings is 2. The van der Waals surface area contributed by atoms with E-state index in [4.69, 9.17) is 9.47 Å². The van der Waals surface area contributed by atoms with Crippen LogP contribution in [0.2, 0.25) is 0 Å². The van der Waals surface area contributed by atoms with E-state index in [1.165, 1.54) is 4.90 Å². The zero-order valence-corrected chi connectivity index (χ0v) is 15.6. The van der Waals surface area contributed by atoms with Crippen LogP contribution in [0.15, 0.2) is 54.6 Å². The number of nitrogens with zero attached hydrogens (tertiary/aromatic N) is 1. The van der Waals surface area contributed by atoms with Crippen LogP contribution in [0.4, 0.5) is 4.79 Å².